The molecule has 4 aliphatic rings. The van der Waals surface area contributed by atoms with Crippen LogP contribution in [0.1, 0.15) is 112 Å². The number of aliphatic hydroxyl groups is 1. The van der Waals surface area contributed by atoms with Crippen LogP contribution in [0.4, 0.5) is 0 Å². The molecule has 3 fully saturated rings. The van der Waals surface area contributed by atoms with E-state index in [2.05, 4.69) is 40.7 Å². The van der Waals surface area contributed by atoms with Crippen molar-refractivity contribution in [3.8, 4) is 0 Å². The Balaban J connectivity index is 1.51. The normalized spacial score (nSPS) is 45.3. The Morgan fingerprint density at radius 2 is 1.83 bits per heavy atom. The summed E-state index contributed by atoms with van der Waals surface area (Å²) >= 11 is 0. The molecule has 0 heterocycles. The Kier molecular flexibility index (Phi) is 6.29. The van der Waals surface area contributed by atoms with Gasteiger partial charge in [-0.1, -0.05) is 72.0 Å². The number of allylic oxidation sites excluding steroid dienone is 1. The molecule has 166 valence electrons. The fourth-order valence-electron chi connectivity index (χ4n) is 8.93. The summed E-state index contributed by atoms with van der Waals surface area (Å²) in [5, 5.41) is 10.2. The zero-order valence-corrected chi connectivity index (χ0v) is 20.1. The molecule has 0 bridgehead atoms. The molecule has 0 radical (unpaired) electrons. The highest BCUT2D eigenvalue weighted by atomic mass is 16.3. The Labute approximate surface area is 181 Å². The van der Waals surface area contributed by atoms with Crippen molar-refractivity contribution in [3.63, 3.8) is 0 Å². The first-order chi connectivity index (χ1) is 13.8. The Bertz CT molecular complexity index is 605. The predicted molar refractivity (Wildman–Crippen MR) is 124 cm³/mol. The monoisotopic (exact) mass is 400 g/mol. The number of hydrogen-bond donors (Lipinski definition) is 1. The van der Waals surface area contributed by atoms with Crippen molar-refractivity contribution in [1.82, 2.24) is 0 Å². The summed E-state index contributed by atoms with van der Waals surface area (Å²) in [6.07, 6.45) is 18.6. The highest BCUT2D eigenvalue weighted by Crippen LogP contribution is 2.67. The second-order valence-electron chi connectivity index (χ2n) is 12.4. The van der Waals surface area contributed by atoms with Gasteiger partial charge in [-0.2, -0.15) is 0 Å². The van der Waals surface area contributed by atoms with Crippen LogP contribution < -0.4 is 0 Å². The van der Waals surface area contributed by atoms with Crippen molar-refractivity contribution in [2.75, 3.05) is 0 Å². The first-order valence-electron chi connectivity index (χ1n) is 13.2. The zero-order valence-electron chi connectivity index (χ0n) is 20.1. The van der Waals surface area contributed by atoms with Crippen molar-refractivity contribution >= 4 is 0 Å². The third-order valence-corrected chi connectivity index (χ3v) is 10.6. The standard InChI is InChI=1S/C28H48O/c1-6-20(9-7-8-19(2)3)24-12-13-25-23-11-10-21-18-22(29)14-16-27(21,4)26(23)15-17-28(24,25)5/h10,19-20,22-26,29H,6-9,11-18H2,1-5H3/t20-,22+,23+,24-,25+,26+,27+,28-/m1/s1. The Hall–Kier alpha value is -0.300. The third-order valence-electron chi connectivity index (χ3n) is 10.6. The maximum absolute atomic E-state index is 10.2. The van der Waals surface area contributed by atoms with Crippen LogP contribution in [0.25, 0.3) is 0 Å². The van der Waals surface area contributed by atoms with E-state index in [1.807, 2.05) is 0 Å². The fraction of sp³-hybridized carbons (Fsp3) is 0.929. The summed E-state index contributed by atoms with van der Waals surface area (Å²) < 4.78 is 0. The van der Waals surface area contributed by atoms with E-state index in [0.717, 1.165) is 48.3 Å². The molecule has 0 aromatic rings. The van der Waals surface area contributed by atoms with Crippen LogP contribution in [-0.4, -0.2) is 11.2 Å². The minimum Gasteiger partial charge on any atom is -0.393 e. The zero-order chi connectivity index (χ0) is 20.8. The number of fused-ring (bicyclic) bond motifs is 5. The maximum Gasteiger partial charge on any atom is 0.0577 e. The largest absolute Gasteiger partial charge is 0.393 e. The second-order valence-corrected chi connectivity index (χ2v) is 12.4. The van der Waals surface area contributed by atoms with Gasteiger partial charge in [0.05, 0.1) is 6.10 Å². The summed E-state index contributed by atoms with van der Waals surface area (Å²) in [5.74, 6) is 5.52. The average molecular weight is 401 g/mol. The van der Waals surface area contributed by atoms with Gasteiger partial charge in [0.15, 0.2) is 0 Å². The molecule has 8 atom stereocenters. The third kappa shape index (κ3) is 3.77. The summed E-state index contributed by atoms with van der Waals surface area (Å²) in [7, 11) is 0. The number of aliphatic hydroxyl groups excluding tert-OH is 1. The summed E-state index contributed by atoms with van der Waals surface area (Å²) in [5.41, 5.74) is 2.61. The first-order valence-corrected chi connectivity index (χ1v) is 13.2. The molecule has 0 unspecified atom stereocenters. The van der Waals surface area contributed by atoms with Crippen LogP contribution >= 0.6 is 0 Å². The lowest BCUT2D eigenvalue weighted by molar-refractivity contribution is -0.0588. The maximum atomic E-state index is 10.2. The molecule has 0 amide bonds. The van der Waals surface area contributed by atoms with Crippen LogP contribution in [0.2, 0.25) is 0 Å². The highest BCUT2D eigenvalue weighted by Gasteiger charge is 2.59. The van der Waals surface area contributed by atoms with Gasteiger partial charge < -0.3 is 5.11 Å². The van der Waals surface area contributed by atoms with Gasteiger partial charge in [-0.3, -0.25) is 0 Å². The van der Waals surface area contributed by atoms with E-state index < -0.39 is 0 Å². The van der Waals surface area contributed by atoms with Crippen LogP contribution in [-0.2, 0) is 0 Å². The van der Waals surface area contributed by atoms with E-state index in [9.17, 15) is 5.11 Å². The van der Waals surface area contributed by atoms with Crippen molar-refractivity contribution < 1.29 is 5.11 Å². The molecule has 0 saturated heterocycles. The number of rotatable bonds is 6. The lowest BCUT2D eigenvalue weighted by Crippen LogP contribution is -2.50. The number of hydrogen-bond acceptors (Lipinski definition) is 1. The van der Waals surface area contributed by atoms with Crippen molar-refractivity contribution in [2.45, 2.75) is 118 Å². The van der Waals surface area contributed by atoms with Gasteiger partial charge in [0.1, 0.15) is 0 Å². The van der Waals surface area contributed by atoms with Gasteiger partial charge in [-0.15, -0.1) is 0 Å². The molecule has 0 spiro atoms. The molecular weight excluding hydrogens is 352 g/mol. The minimum atomic E-state index is -0.0771. The van der Waals surface area contributed by atoms with Crippen LogP contribution in [0.15, 0.2) is 11.6 Å². The van der Waals surface area contributed by atoms with Crippen molar-refractivity contribution in [3.05, 3.63) is 11.6 Å². The summed E-state index contributed by atoms with van der Waals surface area (Å²) in [6.45, 7) is 12.5. The van der Waals surface area contributed by atoms with E-state index in [1.165, 1.54) is 64.2 Å². The molecule has 0 aromatic carbocycles. The van der Waals surface area contributed by atoms with Crippen LogP contribution in [0, 0.1) is 46.3 Å². The lowest BCUT2D eigenvalue weighted by atomic mass is 9.47. The Morgan fingerprint density at radius 3 is 2.55 bits per heavy atom. The smallest absolute Gasteiger partial charge is 0.0577 e. The Morgan fingerprint density at radius 1 is 1.03 bits per heavy atom. The van der Waals surface area contributed by atoms with Gasteiger partial charge in [0.25, 0.3) is 0 Å². The van der Waals surface area contributed by atoms with E-state index in [1.54, 1.807) is 5.57 Å². The van der Waals surface area contributed by atoms with Gasteiger partial charge in [-0.25, -0.2) is 0 Å². The van der Waals surface area contributed by atoms with E-state index in [4.69, 9.17) is 0 Å². The molecule has 0 aromatic heterocycles. The van der Waals surface area contributed by atoms with Gasteiger partial charge in [0, 0.05) is 0 Å². The van der Waals surface area contributed by atoms with Gasteiger partial charge in [0.2, 0.25) is 0 Å². The molecule has 0 aliphatic heterocycles. The topological polar surface area (TPSA) is 20.2 Å². The lowest BCUT2D eigenvalue weighted by Gasteiger charge is -2.58. The second kappa shape index (κ2) is 8.33. The average Bonchev–Trinajstić information content (AvgIpc) is 3.03. The molecular formula is C28H48O. The van der Waals surface area contributed by atoms with E-state index >= 15 is 0 Å². The molecule has 1 N–H and O–H groups in total. The van der Waals surface area contributed by atoms with Crippen molar-refractivity contribution in [1.29, 1.82) is 0 Å². The quantitative estimate of drug-likeness (QED) is 0.451. The molecule has 4 aliphatic carbocycles. The van der Waals surface area contributed by atoms with E-state index in [-0.39, 0.29) is 6.10 Å². The first kappa shape index (κ1) is 21.9. The van der Waals surface area contributed by atoms with Gasteiger partial charge in [-0.05, 0) is 97.7 Å². The molecule has 1 nitrogen and oxygen atoms in total. The molecule has 29 heavy (non-hydrogen) atoms. The SMILES string of the molecule is CC[C@H](CCCC(C)C)[C@H]1CC[C@H]2[C@@H]3CC=C4C[C@@H](O)CC[C@]4(C)[C@H]3CC[C@]12C. The van der Waals surface area contributed by atoms with E-state index in [0.29, 0.717) is 10.8 Å². The van der Waals surface area contributed by atoms with Gasteiger partial charge >= 0.3 is 0 Å². The molecule has 1 heteroatoms. The van der Waals surface area contributed by atoms with Crippen LogP contribution in [0.3, 0.4) is 0 Å². The van der Waals surface area contributed by atoms with Crippen LogP contribution in [0.5, 0.6) is 0 Å². The highest BCUT2D eigenvalue weighted by molar-refractivity contribution is 5.25. The molecule has 3 saturated carbocycles. The molecule has 4 rings (SSSR count). The summed E-state index contributed by atoms with van der Waals surface area (Å²) in [4.78, 5) is 0. The van der Waals surface area contributed by atoms with Crippen molar-refractivity contribution in [2.24, 2.45) is 46.3 Å². The minimum absolute atomic E-state index is 0.0771. The summed E-state index contributed by atoms with van der Waals surface area (Å²) in [6, 6.07) is 0. The fourth-order valence-corrected chi connectivity index (χ4v) is 8.93. The predicted octanol–water partition coefficient (Wildman–Crippen LogP) is 7.78.